The van der Waals surface area contributed by atoms with Crippen molar-refractivity contribution in [2.24, 2.45) is 0 Å². The van der Waals surface area contributed by atoms with Crippen LogP contribution in [0.1, 0.15) is 6.92 Å². The Morgan fingerprint density at radius 1 is 1.80 bits per heavy atom. The molecule has 0 aliphatic heterocycles. The number of hydrogen-bond acceptors (Lipinski definition) is 5. The molecule has 0 saturated heterocycles. The van der Waals surface area contributed by atoms with Gasteiger partial charge in [0.25, 0.3) is 0 Å². The van der Waals surface area contributed by atoms with Crippen LogP contribution in [0.4, 0.5) is 0 Å². The van der Waals surface area contributed by atoms with E-state index in [1.807, 2.05) is 6.07 Å². The van der Waals surface area contributed by atoms with Crippen LogP contribution in [0.3, 0.4) is 0 Å². The number of H-pyrrole nitrogens is 1. The lowest BCUT2D eigenvalue weighted by Gasteiger charge is -1.92. The highest BCUT2D eigenvalue weighted by Crippen LogP contribution is 2.15. The van der Waals surface area contributed by atoms with Crippen LogP contribution in [0.25, 0.3) is 0 Å². The number of aromatic amines is 1. The van der Waals surface area contributed by atoms with Crippen LogP contribution in [-0.4, -0.2) is 25.9 Å². The van der Waals surface area contributed by atoms with E-state index in [4.69, 9.17) is 5.26 Å². The van der Waals surface area contributed by atoms with Crippen LogP contribution in [-0.2, 0) is 0 Å². The lowest BCUT2D eigenvalue weighted by molar-refractivity contribution is 0.881. The summed E-state index contributed by atoms with van der Waals surface area (Å²) in [5.41, 5.74) is 0. The minimum Gasteiger partial charge on any atom is -0.197 e. The van der Waals surface area contributed by atoms with Crippen molar-refractivity contribution in [2.45, 2.75) is 17.3 Å². The third-order valence-electron chi connectivity index (χ3n) is 0.790. The summed E-state index contributed by atoms with van der Waals surface area (Å²) >= 11 is 1.27. The molecule has 0 saturated carbocycles. The molecule has 0 radical (unpaired) electrons. The minimum absolute atomic E-state index is 0.127. The Kier molecular flexibility index (Phi) is 2.23. The Bertz CT molecular complexity index is 224. The molecule has 0 amide bonds. The fraction of sp³-hybridized carbons (Fsp3) is 0.500. The van der Waals surface area contributed by atoms with Gasteiger partial charge in [-0.1, -0.05) is 11.8 Å². The van der Waals surface area contributed by atoms with Gasteiger partial charge in [-0.3, -0.25) is 0 Å². The Balaban J connectivity index is 2.50. The zero-order chi connectivity index (χ0) is 7.40. The molecule has 0 fully saturated rings. The number of nitriles is 1. The number of nitrogens with zero attached hydrogens (tertiary/aromatic N) is 4. The molecule has 0 spiro atoms. The summed E-state index contributed by atoms with van der Waals surface area (Å²) in [6, 6.07) is 2.04. The third-order valence-corrected chi connectivity index (χ3v) is 1.63. The van der Waals surface area contributed by atoms with E-state index >= 15 is 0 Å². The summed E-state index contributed by atoms with van der Waals surface area (Å²) in [4.78, 5) is 0. The van der Waals surface area contributed by atoms with Gasteiger partial charge < -0.3 is 0 Å². The van der Waals surface area contributed by atoms with E-state index in [0.717, 1.165) is 0 Å². The summed E-state index contributed by atoms with van der Waals surface area (Å²) in [7, 11) is 0. The standard InChI is InChI=1S/C4H5N5S/c1-3(2-5)10-4-6-8-9-7-4/h3H,1H3,(H,6,7,8,9). The maximum absolute atomic E-state index is 8.38. The Labute approximate surface area is 61.8 Å². The number of hydrogen-bond donors (Lipinski definition) is 1. The molecule has 1 aromatic heterocycles. The number of tetrazole rings is 1. The van der Waals surface area contributed by atoms with Gasteiger partial charge in [0.1, 0.15) is 0 Å². The van der Waals surface area contributed by atoms with Gasteiger partial charge in [-0.2, -0.15) is 10.5 Å². The van der Waals surface area contributed by atoms with E-state index in [-0.39, 0.29) is 5.25 Å². The van der Waals surface area contributed by atoms with Gasteiger partial charge in [-0.25, -0.2) is 0 Å². The van der Waals surface area contributed by atoms with E-state index in [1.165, 1.54) is 11.8 Å². The molecule has 1 heterocycles. The topological polar surface area (TPSA) is 78.2 Å². The molecule has 1 rings (SSSR count). The second-order valence-electron chi connectivity index (χ2n) is 1.58. The zero-order valence-corrected chi connectivity index (χ0v) is 6.09. The minimum atomic E-state index is -0.127. The van der Waals surface area contributed by atoms with Crippen LogP contribution in [0.15, 0.2) is 5.16 Å². The molecule has 6 heteroatoms. The predicted octanol–water partition coefficient (Wildman–Crippen LogP) is 0.204. The summed E-state index contributed by atoms with van der Waals surface area (Å²) in [6.07, 6.45) is 0. The maximum atomic E-state index is 8.38. The van der Waals surface area contributed by atoms with Crippen molar-refractivity contribution in [3.05, 3.63) is 0 Å². The van der Waals surface area contributed by atoms with Gasteiger partial charge in [0.2, 0.25) is 5.16 Å². The summed E-state index contributed by atoms with van der Waals surface area (Å²) in [5, 5.41) is 21.7. The highest BCUT2D eigenvalue weighted by molar-refractivity contribution is 7.99. The molecule has 1 unspecified atom stereocenters. The van der Waals surface area contributed by atoms with Gasteiger partial charge in [0.05, 0.1) is 11.3 Å². The first-order valence-electron chi connectivity index (χ1n) is 2.62. The lowest BCUT2D eigenvalue weighted by atomic mass is 10.5. The van der Waals surface area contributed by atoms with E-state index < -0.39 is 0 Å². The molecule has 0 aromatic carbocycles. The molecular formula is C4H5N5S. The summed E-state index contributed by atoms with van der Waals surface area (Å²) in [5.74, 6) is 0. The van der Waals surface area contributed by atoms with Crippen LogP contribution >= 0.6 is 11.8 Å². The van der Waals surface area contributed by atoms with Crippen LogP contribution < -0.4 is 0 Å². The first kappa shape index (κ1) is 7.02. The van der Waals surface area contributed by atoms with E-state index in [1.54, 1.807) is 6.92 Å². The van der Waals surface area contributed by atoms with Gasteiger partial charge in [0.15, 0.2) is 0 Å². The number of aromatic nitrogens is 4. The molecule has 1 aromatic rings. The average molecular weight is 155 g/mol. The monoisotopic (exact) mass is 155 g/mol. The highest BCUT2D eigenvalue weighted by Gasteiger charge is 2.04. The van der Waals surface area contributed by atoms with Crippen molar-refractivity contribution in [2.75, 3.05) is 0 Å². The van der Waals surface area contributed by atoms with Crippen LogP contribution in [0, 0.1) is 11.3 Å². The normalized spacial score (nSPS) is 12.4. The lowest BCUT2D eigenvalue weighted by Crippen LogP contribution is -1.90. The van der Waals surface area contributed by atoms with E-state index in [9.17, 15) is 0 Å². The Morgan fingerprint density at radius 3 is 3.10 bits per heavy atom. The van der Waals surface area contributed by atoms with Crippen molar-refractivity contribution in [1.82, 2.24) is 20.6 Å². The third kappa shape index (κ3) is 1.70. The van der Waals surface area contributed by atoms with Gasteiger partial charge in [-0.15, -0.1) is 10.2 Å². The molecule has 1 atom stereocenters. The van der Waals surface area contributed by atoms with E-state index in [0.29, 0.717) is 5.16 Å². The molecule has 0 bridgehead atoms. The van der Waals surface area contributed by atoms with Crippen molar-refractivity contribution < 1.29 is 0 Å². The Hall–Kier alpha value is -1.09. The number of rotatable bonds is 2. The van der Waals surface area contributed by atoms with Crippen LogP contribution in [0.2, 0.25) is 0 Å². The smallest absolute Gasteiger partial charge is 0.197 e. The predicted molar refractivity (Wildman–Crippen MR) is 35.1 cm³/mol. The van der Waals surface area contributed by atoms with Gasteiger partial charge in [-0.05, 0) is 12.1 Å². The second kappa shape index (κ2) is 3.17. The van der Waals surface area contributed by atoms with Crippen molar-refractivity contribution in [1.29, 1.82) is 5.26 Å². The highest BCUT2D eigenvalue weighted by atomic mass is 32.2. The largest absolute Gasteiger partial charge is 0.232 e. The Morgan fingerprint density at radius 2 is 2.60 bits per heavy atom. The number of nitrogens with one attached hydrogen (secondary N) is 1. The van der Waals surface area contributed by atoms with Crippen LogP contribution in [0.5, 0.6) is 0 Å². The molecule has 5 nitrogen and oxygen atoms in total. The zero-order valence-electron chi connectivity index (χ0n) is 5.27. The fourth-order valence-electron chi connectivity index (χ4n) is 0.387. The summed E-state index contributed by atoms with van der Waals surface area (Å²) < 4.78 is 0. The first-order valence-corrected chi connectivity index (χ1v) is 3.50. The molecule has 52 valence electrons. The molecule has 0 aliphatic carbocycles. The molecule has 0 aliphatic rings. The second-order valence-corrected chi connectivity index (χ2v) is 2.89. The van der Waals surface area contributed by atoms with Crippen molar-refractivity contribution >= 4 is 11.8 Å². The van der Waals surface area contributed by atoms with Gasteiger partial charge in [0, 0.05) is 0 Å². The molecule has 1 N–H and O–H groups in total. The molecule has 10 heavy (non-hydrogen) atoms. The van der Waals surface area contributed by atoms with E-state index in [2.05, 4.69) is 20.6 Å². The maximum Gasteiger partial charge on any atom is 0.232 e. The first-order chi connectivity index (χ1) is 4.83. The number of thioether (sulfide) groups is 1. The average Bonchev–Trinajstić information content (AvgIpc) is 2.40. The van der Waals surface area contributed by atoms with Crippen molar-refractivity contribution in [3.8, 4) is 6.07 Å². The summed E-state index contributed by atoms with van der Waals surface area (Å²) in [6.45, 7) is 1.78. The van der Waals surface area contributed by atoms with Crippen molar-refractivity contribution in [3.63, 3.8) is 0 Å². The SMILES string of the molecule is CC(C#N)Sc1nn[nH]n1. The van der Waals surface area contributed by atoms with Gasteiger partial charge >= 0.3 is 0 Å². The quantitative estimate of drug-likeness (QED) is 0.617. The molecular weight excluding hydrogens is 150 g/mol. The fourth-order valence-corrected chi connectivity index (χ4v) is 0.937.